The molecule has 0 fully saturated rings. The van der Waals surface area contributed by atoms with E-state index in [0.29, 0.717) is 17.9 Å². The first-order valence-electron chi connectivity index (χ1n) is 5.21. The molecule has 0 amide bonds. The van der Waals surface area contributed by atoms with E-state index in [1.165, 1.54) is 23.1 Å². The lowest BCUT2D eigenvalue weighted by molar-refractivity contribution is 0.0522. The van der Waals surface area contributed by atoms with Crippen LogP contribution in [0, 0.1) is 0 Å². The molecule has 1 aromatic heterocycles. The second-order valence-corrected chi connectivity index (χ2v) is 5.41. The number of benzene rings is 1. The largest absolute Gasteiger partial charge is 0.462 e. The van der Waals surface area contributed by atoms with E-state index >= 15 is 0 Å². The number of aromatic nitrogens is 2. The third-order valence-electron chi connectivity index (χ3n) is 2.04. The molecule has 0 spiro atoms. The predicted molar refractivity (Wildman–Crippen MR) is 70.8 cm³/mol. The number of hydrogen-bond acceptors (Lipinski definition) is 7. The number of carbonyl (C=O) groups is 1. The molecule has 0 aliphatic heterocycles. The topological polar surface area (TPSA) is 78.1 Å². The molecule has 1 aromatic carbocycles. The van der Waals surface area contributed by atoms with Gasteiger partial charge in [0.15, 0.2) is 4.34 Å². The standard InChI is InChI=1S/C11H11N3O2S2/c1-2-16-10(15)8-5-7(12)3-4-9(8)18-11-14-13-6-17-11/h3-6H,2,12H2,1H3. The smallest absolute Gasteiger partial charge is 0.339 e. The molecule has 7 heteroatoms. The van der Waals surface area contributed by atoms with Crippen LogP contribution in [0.2, 0.25) is 0 Å². The molecule has 0 unspecified atom stereocenters. The average molecular weight is 281 g/mol. The van der Waals surface area contributed by atoms with Crippen molar-refractivity contribution in [2.75, 3.05) is 12.3 Å². The summed E-state index contributed by atoms with van der Waals surface area (Å²) in [4.78, 5) is 12.6. The second-order valence-electron chi connectivity index (χ2n) is 3.28. The highest BCUT2D eigenvalue weighted by molar-refractivity contribution is 8.01. The number of nitrogens with two attached hydrogens (primary N) is 1. The van der Waals surface area contributed by atoms with Gasteiger partial charge in [-0.2, -0.15) is 0 Å². The maximum absolute atomic E-state index is 11.8. The van der Waals surface area contributed by atoms with Crippen molar-refractivity contribution in [3.63, 3.8) is 0 Å². The maximum Gasteiger partial charge on any atom is 0.339 e. The highest BCUT2D eigenvalue weighted by Gasteiger charge is 2.15. The lowest BCUT2D eigenvalue weighted by atomic mass is 10.2. The van der Waals surface area contributed by atoms with Crippen LogP contribution in [0.1, 0.15) is 17.3 Å². The fraction of sp³-hybridized carbons (Fsp3) is 0.182. The zero-order valence-corrected chi connectivity index (χ0v) is 11.3. The molecule has 2 rings (SSSR count). The SMILES string of the molecule is CCOC(=O)c1cc(N)ccc1Sc1nncs1. The molecule has 0 atom stereocenters. The molecule has 0 saturated carbocycles. The van der Waals surface area contributed by atoms with E-state index in [-0.39, 0.29) is 5.97 Å². The summed E-state index contributed by atoms with van der Waals surface area (Å²) in [6, 6.07) is 5.14. The highest BCUT2D eigenvalue weighted by atomic mass is 32.2. The van der Waals surface area contributed by atoms with Gasteiger partial charge in [-0.25, -0.2) is 4.79 Å². The Morgan fingerprint density at radius 3 is 3.06 bits per heavy atom. The van der Waals surface area contributed by atoms with Crippen molar-refractivity contribution in [3.8, 4) is 0 Å². The lowest BCUT2D eigenvalue weighted by Crippen LogP contribution is -2.06. The number of rotatable bonds is 4. The Balaban J connectivity index is 2.31. The Bertz CT molecular complexity index is 543. The third kappa shape index (κ3) is 2.99. The molecule has 5 nitrogen and oxygen atoms in total. The molecule has 0 radical (unpaired) electrons. The monoisotopic (exact) mass is 281 g/mol. The minimum Gasteiger partial charge on any atom is -0.462 e. The first kappa shape index (κ1) is 12.8. The maximum atomic E-state index is 11.8. The van der Waals surface area contributed by atoms with E-state index in [9.17, 15) is 4.79 Å². The molecule has 1 heterocycles. The Hall–Kier alpha value is -1.60. The molecule has 18 heavy (non-hydrogen) atoms. The molecular weight excluding hydrogens is 270 g/mol. The summed E-state index contributed by atoms with van der Waals surface area (Å²) in [7, 11) is 0. The van der Waals surface area contributed by atoms with Crippen molar-refractivity contribution in [2.24, 2.45) is 0 Å². The van der Waals surface area contributed by atoms with Crippen molar-refractivity contribution in [1.29, 1.82) is 0 Å². The summed E-state index contributed by atoms with van der Waals surface area (Å²) < 4.78 is 5.77. The number of carbonyl (C=O) groups excluding carboxylic acids is 1. The van der Waals surface area contributed by atoms with Crippen LogP contribution < -0.4 is 5.73 Å². The number of anilines is 1. The molecule has 0 aliphatic carbocycles. The number of nitrogen functional groups attached to an aromatic ring is 1. The molecule has 2 aromatic rings. The Kier molecular flexibility index (Phi) is 4.16. The Morgan fingerprint density at radius 1 is 1.56 bits per heavy atom. The number of ether oxygens (including phenoxy) is 1. The fourth-order valence-corrected chi connectivity index (χ4v) is 2.84. The molecular formula is C11H11N3O2S2. The van der Waals surface area contributed by atoms with Crippen molar-refractivity contribution < 1.29 is 9.53 Å². The van der Waals surface area contributed by atoms with Gasteiger partial charge in [0.25, 0.3) is 0 Å². The lowest BCUT2D eigenvalue weighted by Gasteiger charge is -2.07. The van der Waals surface area contributed by atoms with E-state index in [1.54, 1.807) is 30.6 Å². The van der Waals surface area contributed by atoms with Gasteiger partial charge in [0.2, 0.25) is 0 Å². The number of nitrogens with zero attached hydrogens (tertiary/aromatic N) is 2. The minimum absolute atomic E-state index is 0.330. The Labute approximate surface area is 112 Å². The molecule has 0 aliphatic rings. The van der Waals surface area contributed by atoms with Gasteiger partial charge >= 0.3 is 5.97 Å². The van der Waals surface area contributed by atoms with Crippen LogP contribution >= 0.6 is 23.1 Å². The van der Waals surface area contributed by atoms with Gasteiger partial charge in [-0.1, -0.05) is 23.1 Å². The number of hydrogen-bond donors (Lipinski definition) is 1. The fourth-order valence-electron chi connectivity index (χ4n) is 1.31. The summed E-state index contributed by atoms with van der Waals surface area (Å²) in [6.45, 7) is 2.10. The summed E-state index contributed by atoms with van der Waals surface area (Å²) in [5.41, 5.74) is 8.32. The quantitative estimate of drug-likeness (QED) is 0.685. The van der Waals surface area contributed by atoms with E-state index in [0.717, 1.165) is 9.24 Å². The second kappa shape index (κ2) is 5.83. The van der Waals surface area contributed by atoms with E-state index in [4.69, 9.17) is 10.5 Å². The van der Waals surface area contributed by atoms with Crippen LogP contribution in [0.15, 0.2) is 32.9 Å². The van der Waals surface area contributed by atoms with Crippen LogP contribution in [-0.2, 0) is 4.74 Å². The summed E-state index contributed by atoms with van der Waals surface area (Å²) >= 11 is 2.79. The van der Waals surface area contributed by atoms with Gasteiger partial charge in [0.1, 0.15) is 5.51 Å². The van der Waals surface area contributed by atoms with E-state index in [1.807, 2.05) is 0 Å². The summed E-state index contributed by atoms with van der Waals surface area (Å²) in [5.74, 6) is -0.378. The van der Waals surface area contributed by atoms with Gasteiger partial charge in [-0.05, 0) is 25.1 Å². The highest BCUT2D eigenvalue weighted by Crippen LogP contribution is 2.32. The molecule has 0 bridgehead atoms. The van der Waals surface area contributed by atoms with Gasteiger partial charge in [0, 0.05) is 10.6 Å². The minimum atomic E-state index is -0.378. The van der Waals surface area contributed by atoms with E-state index < -0.39 is 0 Å². The molecule has 0 saturated heterocycles. The van der Waals surface area contributed by atoms with E-state index in [2.05, 4.69) is 10.2 Å². The van der Waals surface area contributed by atoms with Crippen LogP contribution in [-0.4, -0.2) is 22.8 Å². The normalized spacial score (nSPS) is 10.3. The van der Waals surface area contributed by atoms with Crippen LogP contribution in [0.25, 0.3) is 0 Å². The van der Waals surface area contributed by atoms with Crippen LogP contribution in [0.5, 0.6) is 0 Å². The van der Waals surface area contributed by atoms with Crippen LogP contribution in [0.3, 0.4) is 0 Å². The van der Waals surface area contributed by atoms with Crippen molar-refractivity contribution in [1.82, 2.24) is 10.2 Å². The summed E-state index contributed by atoms with van der Waals surface area (Å²) in [5, 5.41) is 7.68. The van der Waals surface area contributed by atoms with Crippen molar-refractivity contribution >= 4 is 34.8 Å². The average Bonchev–Trinajstić information content (AvgIpc) is 2.84. The zero-order valence-electron chi connectivity index (χ0n) is 9.62. The third-order valence-corrected chi connectivity index (χ3v) is 3.89. The van der Waals surface area contributed by atoms with Crippen molar-refractivity contribution in [2.45, 2.75) is 16.2 Å². The first-order chi connectivity index (χ1) is 8.70. The van der Waals surface area contributed by atoms with Gasteiger partial charge in [-0.3, -0.25) is 0 Å². The Morgan fingerprint density at radius 2 is 2.39 bits per heavy atom. The van der Waals surface area contributed by atoms with Gasteiger partial charge in [0.05, 0.1) is 12.2 Å². The number of esters is 1. The molecule has 94 valence electrons. The zero-order chi connectivity index (χ0) is 13.0. The van der Waals surface area contributed by atoms with Crippen LogP contribution in [0.4, 0.5) is 5.69 Å². The predicted octanol–water partition coefficient (Wildman–Crippen LogP) is 2.45. The van der Waals surface area contributed by atoms with Crippen molar-refractivity contribution in [3.05, 3.63) is 29.3 Å². The summed E-state index contributed by atoms with van der Waals surface area (Å²) in [6.07, 6.45) is 0. The first-order valence-corrected chi connectivity index (χ1v) is 6.91. The van der Waals surface area contributed by atoms with Gasteiger partial charge in [-0.15, -0.1) is 10.2 Å². The van der Waals surface area contributed by atoms with Gasteiger partial charge < -0.3 is 10.5 Å². The molecule has 2 N–H and O–H groups in total.